The van der Waals surface area contributed by atoms with Gasteiger partial charge in [-0.3, -0.25) is 9.78 Å². The number of rotatable bonds is 4. The van der Waals surface area contributed by atoms with Crippen molar-refractivity contribution in [1.82, 2.24) is 30.3 Å². The fourth-order valence-corrected chi connectivity index (χ4v) is 2.91. The van der Waals surface area contributed by atoms with Gasteiger partial charge in [0.25, 0.3) is 5.91 Å². The molecule has 0 spiro atoms. The van der Waals surface area contributed by atoms with E-state index in [0.29, 0.717) is 24.4 Å². The molecule has 2 atom stereocenters. The van der Waals surface area contributed by atoms with Crippen molar-refractivity contribution in [2.75, 3.05) is 13.2 Å². The Balaban J connectivity index is 1.45. The molecule has 0 unspecified atom stereocenters. The molecule has 8 nitrogen and oxygen atoms in total. The quantitative estimate of drug-likeness (QED) is 0.751. The largest absolute Gasteiger partial charge is 0.379 e. The molecule has 1 N–H and O–H groups in total. The van der Waals surface area contributed by atoms with Crippen molar-refractivity contribution in [2.45, 2.75) is 12.5 Å². The van der Waals surface area contributed by atoms with E-state index < -0.39 is 0 Å². The molecule has 8 heteroatoms. The molecule has 0 aliphatic carbocycles. The van der Waals surface area contributed by atoms with Gasteiger partial charge in [0.1, 0.15) is 0 Å². The standard InChI is InChI=1S/C16H16N6O2/c23-16(12-1-2-15-19-20-21-22(15)8-12)18-14-10-24-9-13(14)7-11-3-5-17-6-4-11/h1-6,8,13-14H,7,9-10H2,(H,18,23)/t13-,14-/m1/s1. The summed E-state index contributed by atoms with van der Waals surface area (Å²) in [5.41, 5.74) is 2.31. The van der Waals surface area contributed by atoms with Crippen LogP contribution in [0.2, 0.25) is 0 Å². The summed E-state index contributed by atoms with van der Waals surface area (Å²) < 4.78 is 7.05. The summed E-state index contributed by atoms with van der Waals surface area (Å²) >= 11 is 0. The van der Waals surface area contributed by atoms with Crippen LogP contribution < -0.4 is 5.32 Å². The molecule has 0 radical (unpaired) electrons. The summed E-state index contributed by atoms with van der Waals surface area (Å²) in [6.07, 6.45) is 6.03. The molecule has 3 aromatic heterocycles. The number of nitrogens with one attached hydrogen (secondary N) is 1. The average Bonchev–Trinajstić information content (AvgIpc) is 3.24. The van der Waals surface area contributed by atoms with E-state index in [1.807, 2.05) is 12.1 Å². The number of pyridine rings is 2. The molecule has 24 heavy (non-hydrogen) atoms. The maximum atomic E-state index is 12.5. The topological polar surface area (TPSA) is 94.3 Å². The Hall–Kier alpha value is -2.87. The zero-order chi connectivity index (χ0) is 16.4. The summed E-state index contributed by atoms with van der Waals surface area (Å²) in [6.45, 7) is 1.16. The van der Waals surface area contributed by atoms with Gasteiger partial charge in [-0.25, -0.2) is 0 Å². The molecule has 4 heterocycles. The molecule has 122 valence electrons. The third-order valence-electron chi connectivity index (χ3n) is 4.22. The second kappa shape index (κ2) is 6.32. The maximum absolute atomic E-state index is 12.5. The first-order valence-electron chi connectivity index (χ1n) is 7.75. The SMILES string of the molecule is O=C(N[C@@H]1COC[C@H]1Cc1ccncc1)c1ccc2nnnn2c1. The van der Waals surface area contributed by atoms with E-state index in [0.717, 1.165) is 6.42 Å². The van der Waals surface area contributed by atoms with Crippen LogP contribution in [-0.4, -0.2) is 50.2 Å². The van der Waals surface area contributed by atoms with E-state index in [1.54, 1.807) is 30.7 Å². The molecule has 1 amide bonds. The molecule has 0 saturated carbocycles. The Bertz CT molecular complexity index is 850. The van der Waals surface area contributed by atoms with Gasteiger partial charge in [0.2, 0.25) is 0 Å². The summed E-state index contributed by atoms with van der Waals surface area (Å²) in [4.78, 5) is 16.5. The smallest absolute Gasteiger partial charge is 0.253 e. The van der Waals surface area contributed by atoms with Crippen molar-refractivity contribution in [3.8, 4) is 0 Å². The Morgan fingerprint density at radius 1 is 1.25 bits per heavy atom. The third kappa shape index (κ3) is 2.95. The zero-order valence-electron chi connectivity index (χ0n) is 12.9. The van der Waals surface area contributed by atoms with Crippen molar-refractivity contribution in [2.24, 2.45) is 5.92 Å². The average molecular weight is 324 g/mol. The van der Waals surface area contributed by atoms with Crippen molar-refractivity contribution in [3.63, 3.8) is 0 Å². The molecule has 1 saturated heterocycles. The predicted molar refractivity (Wildman–Crippen MR) is 84.3 cm³/mol. The predicted octanol–water partition coefficient (Wildman–Crippen LogP) is 0.507. The lowest BCUT2D eigenvalue weighted by molar-refractivity contribution is 0.0924. The Morgan fingerprint density at radius 2 is 2.12 bits per heavy atom. The second-order valence-electron chi connectivity index (χ2n) is 5.84. The van der Waals surface area contributed by atoms with Crippen LogP contribution in [0.5, 0.6) is 0 Å². The van der Waals surface area contributed by atoms with E-state index >= 15 is 0 Å². The van der Waals surface area contributed by atoms with Crippen molar-refractivity contribution < 1.29 is 9.53 Å². The van der Waals surface area contributed by atoms with Gasteiger partial charge in [-0.15, -0.1) is 5.10 Å². The van der Waals surface area contributed by atoms with Crippen molar-refractivity contribution in [1.29, 1.82) is 0 Å². The lowest BCUT2D eigenvalue weighted by Crippen LogP contribution is -2.40. The lowest BCUT2D eigenvalue weighted by Gasteiger charge is -2.19. The number of carbonyl (C=O) groups is 1. The molecule has 1 aliphatic heterocycles. The Labute approximate surface area is 137 Å². The number of fused-ring (bicyclic) bond motifs is 1. The molecule has 1 fully saturated rings. The highest BCUT2D eigenvalue weighted by molar-refractivity contribution is 5.94. The first kappa shape index (κ1) is 14.7. The molecular formula is C16H16N6O2. The van der Waals surface area contributed by atoms with Crippen LogP contribution in [0.4, 0.5) is 0 Å². The number of amides is 1. The Morgan fingerprint density at radius 3 is 3.00 bits per heavy atom. The molecule has 1 aliphatic rings. The minimum absolute atomic E-state index is 0.0183. The molecule has 3 aromatic rings. The number of hydrogen-bond acceptors (Lipinski definition) is 6. The van der Waals surface area contributed by atoms with Crippen LogP contribution in [0.25, 0.3) is 5.65 Å². The summed E-state index contributed by atoms with van der Waals surface area (Å²) in [5.74, 6) is 0.0933. The van der Waals surface area contributed by atoms with E-state index in [-0.39, 0.29) is 17.9 Å². The highest BCUT2D eigenvalue weighted by atomic mass is 16.5. The first-order valence-corrected chi connectivity index (χ1v) is 7.75. The number of aromatic nitrogens is 5. The lowest BCUT2D eigenvalue weighted by atomic mass is 9.95. The normalized spacial score (nSPS) is 20.3. The van der Waals surface area contributed by atoms with Crippen molar-refractivity contribution >= 4 is 11.6 Å². The van der Waals surface area contributed by atoms with Crippen LogP contribution in [0.3, 0.4) is 0 Å². The van der Waals surface area contributed by atoms with E-state index in [2.05, 4.69) is 25.8 Å². The van der Waals surface area contributed by atoms with E-state index in [9.17, 15) is 4.79 Å². The van der Waals surface area contributed by atoms with Crippen LogP contribution in [0, 0.1) is 5.92 Å². The van der Waals surface area contributed by atoms with E-state index in [4.69, 9.17) is 4.74 Å². The van der Waals surface area contributed by atoms with Gasteiger partial charge < -0.3 is 10.1 Å². The highest BCUT2D eigenvalue weighted by Gasteiger charge is 2.30. The zero-order valence-corrected chi connectivity index (χ0v) is 12.9. The highest BCUT2D eigenvalue weighted by Crippen LogP contribution is 2.19. The molecule has 0 aromatic carbocycles. The summed E-state index contributed by atoms with van der Waals surface area (Å²) in [5, 5.41) is 14.3. The van der Waals surface area contributed by atoms with Gasteiger partial charge in [0.15, 0.2) is 5.65 Å². The van der Waals surface area contributed by atoms with Crippen molar-refractivity contribution in [3.05, 3.63) is 54.0 Å². The second-order valence-corrected chi connectivity index (χ2v) is 5.84. The van der Waals surface area contributed by atoms with Gasteiger partial charge >= 0.3 is 0 Å². The number of carbonyl (C=O) groups excluding carboxylic acids is 1. The fraction of sp³-hybridized carbons (Fsp3) is 0.312. The molecule has 0 bridgehead atoms. The minimum atomic E-state index is -0.150. The van der Waals surface area contributed by atoms with E-state index in [1.165, 1.54) is 10.1 Å². The fourth-order valence-electron chi connectivity index (χ4n) is 2.91. The summed E-state index contributed by atoms with van der Waals surface area (Å²) in [6, 6.07) is 7.39. The van der Waals surface area contributed by atoms with Gasteiger partial charge in [0, 0.05) is 24.5 Å². The minimum Gasteiger partial charge on any atom is -0.379 e. The number of ether oxygens (including phenoxy) is 1. The number of hydrogen-bond donors (Lipinski definition) is 1. The molecular weight excluding hydrogens is 308 g/mol. The molecule has 4 rings (SSSR count). The van der Waals surface area contributed by atoms with Crippen LogP contribution in [0.1, 0.15) is 15.9 Å². The number of tetrazole rings is 1. The third-order valence-corrected chi connectivity index (χ3v) is 4.22. The van der Waals surface area contributed by atoms with Gasteiger partial charge in [0.05, 0.1) is 24.8 Å². The van der Waals surface area contributed by atoms with Gasteiger partial charge in [-0.1, -0.05) is 0 Å². The van der Waals surface area contributed by atoms with Crippen LogP contribution in [0.15, 0.2) is 42.9 Å². The first-order chi connectivity index (χ1) is 11.8. The van der Waals surface area contributed by atoms with Gasteiger partial charge in [-0.05, 0) is 46.7 Å². The van der Waals surface area contributed by atoms with Gasteiger partial charge in [-0.2, -0.15) is 4.52 Å². The van der Waals surface area contributed by atoms with Crippen LogP contribution >= 0.6 is 0 Å². The summed E-state index contributed by atoms with van der Waals surface area (Å²) in [7, 11) is 0. The monoisotopic (exact) mass is 324 g/mol. The maximum Gasteiger partial charge on any atom is 0.253 e. The van der Waals surface area contributed by atoms with Crippen LogP contribution in [-0.2, 0) is 11.2 Å². The number of nitrogens with zero attached hydrogens (tertiary/aromatic N) is 5. The Kier molecular flexibility index (Phi) is 3.87.